The van der Waals surface area contributed by atoms with Gasteiger partial charge in [0.05, 0.1) is 0 Å². The normalized spacial score (nSPS) is 19.6. The predicted molar refractivity (Wildman–Crippen MR) is 98.2 cm³/mol. The van der Waals surface area contributed by atoms with Crippen LogP contribution in [-0.4, -0.2) is 35.1 Å². The summed E-state index contributed by atoms with van der Waals surface area (Å²) in [6.45, 7) is 11.1. The molecule has 0 atom stereocenters. The summed E-state index contributed by atoms with van der Waals surface area (Å²) >= 11 is 0. The van der Waals surface area contributed by atoms with Crippen molar-refractivity contribution in [1.29, 1.82) is 0 Å². The lowest BCUT2D eigenvalue weighted by molar-refractivity contribution is 0.172. The second-order valence-electron chi connectivity index (χ2n) is 6.00. The fourth-order valence-electron chi connectivity index (χ4n) is 2.19. The second kappa shape index (κ2) is 25.8. The molecule has 1 saturated carbocycles. The van der Waals surface area contributed by atoms with Crippen molar-refractivity contribution in [3.63, 3.8) is 0 Å². The van der Waals surface area contributed by atoms with E-state index in [1.807, 2.05) is 0 Å². The molecule has 0 radical (unpaired) electrons. The molecule has 1 rings (SSSR count). The van der Waals surface area contributed by atoms with E-state index in [-0.39, 0.29) is 13.2 Å². The van der Waals surface area contributed by atoms with E-state index in [4.69, 9.17) is 15.3 Å². The first-order chi connectivity index (χ1) is 10.6. The van der Waals surface area contributed by atoms with Gasteiger partial charge >= 0.3 is 0 Å². The first kappa shape index (κ1) is 26.8. The van der Waals surface area contributed by atoms with Gasteiger partial charge in [0.1, 0.15) is 0 Å². The van der Waals surface area contributed by atoms with E-state index in [1.165, 1.54) is 57.8 Å². The molecule has 3 nitrogen and oxygen atoms in total. The Labute approximate surface area is 140 Å². The Morgan fingerprint density at radius 2 is 1.05 bits per heavy atom. The molecule has 0 saturated heterocycles. The summed E-state index contributed by atoms with van der Waals surface area (Å²) in [5.41, 5.74) is 0. The van der Waals surface area contributed by atoms with Gasteiger partial charge in [-0.2, -0.15) is 0 Å². The van der Waals surface area contributed by atoms with Gasteiger partial charge in [0.15, 0.2) is 0 Å². The summed E-state index contributed by atoms with van der Waals surface area (Å²) in [6.07, 6.45) is 12.2. The van der Waals surface area contributed by atoms with E-state index in [0.29, 0.717) is 12.5 Å². The smallest absolute Gasteiger partial charge is 0.0459 e. The Morgan fingerprint density at radius 1 is 0.682 bits per heavy atom. The quantitative estimate of drug-likeness (QED) is 0.639. The predicted octanol–water partition coefficient (Wildman–Crippen LogP) is 4.78. The van der Waals surface area contributed by atoms with Crippen LogP contribution in [0.2, 0.25) is 0 Å². The SMILES string of the molecule is CC1CCC(CO)CC1.CCCCCCC.CCO.CCO. The molecule has 1 aliphatic carbocycles. The van der Waals surface area contributed by atoms with E-state index in [1.54, 1.807) is 13.8 Å². The molecule has 0 aromatic heterocycles. The Bertz CT molecular complexity index is 149. The van der Waals surface area contributed by atoms with E-state index >= 15 is 0 Å². The lowest BCUT2D eigenvalue weighted by Gasteiger charge is -2.23. The summed E-state index contributed by atoms with van der Waals surface area (Å²) in [5.74, 6) is 1.54. The number of aliphatic hydroxyl groups is 3. The molecule has 0 spiro atoms. The van der Waals surface area contributed by atoms with Gasteiger partial charge in [-0.15, -0.1) is 0 Å². The third kappa shape index (κ3) is 28.1. The fraction of sp³-hybridized carbons (Fsp3) is 1.00. The van der Waals surface area contributed by atoms with Crippen LogP contribution in [-0.2, 0) is 0 Å². The molecule has 0 bridgehead atoms. The van der Waals surface area contributed by atoms with Crippen molar-refractivity contribution in [3.8, 4) is 0 Å². The molecule has 0 heterocycles. The average molecular weight is 321 g/mol. The van der Waals surface area contributed by atoms with Crippen molar-refractivity contribution in [2.24, 2.45) is 11.8 Å². The van der Waals surface area contributed by atoms with Gasteiger partial charge in [0.2, 0.25) is 0 Å². The van der Waals surface area contributed by atoms with E-state index in [0.717, 1.165) is 5.92 Å². The zero-order valence-electron chi connectivity index (χ0n) is 16.0. The third-order valence-corrected chi connectivity index (χ3v) is 3.60. The lowest BCUT2D eigenvalue weighted by Crippen LogP contribution is -2.14. The molecule has 0 aliphatic heterocycles. The maximum atomic E-state index is 8.78. The summed E-state index contributed by atoms with van der Waals surface area (Å²) in [6, 6.07) is 0. The summed E-state index contributed by atoms with van der Waals surface area (Å²) in [7, 11) is 0. The largest absolute Gasteiger partial charge is 0.397 e. The van der Waals surface area contributed by atoms with E-state index < -0.39 is 0 Å². The van der Waals surface area contributed by atoms with Gasteiger partial charge in [0.25, 0.3) is 0 Å². The minimum atomic E-state index is 0.250. The van der Waals surface area contributed by atoms with Gasteiger partial charge in [-0.1, -0.05) is 65.7 Å². The number of unbranched alkanes of at least 4 members (excludes halogenated alkanes) is 4. The minimum Gasteiger partial charge on any atom is -0.397 e. The molecule has 1 fully saturated rings. The molecule has 1 aliphatic rings. The van der Waals surface area contributed by atoms with Gasteiger partial charge in [-0.05, 0) is 38.5 Å². The average Bonchev–Trinajstić information content (AvgIpc) is 2.51. The molecule has 0 aromatic rings. The highest BCUT2D eigenvalue weighted by Crippen LogP contribution is 2.27. The topological polar surface area (TPSA) is 60.7 Å². The highest BCUT2D eigenvalue weighted by atomic mass is 16.3. The van der Waals surface area contributed by atoms with Crippen molar-refractivity contribution < 1.29 is 15.3 Å². The molecule has 3 N–H and O–H groups in total. The van der Waals surface area contributed by atoms with Gasteiger partial charge < -0.3 is 15.3 Å². The highest BCUT2D eigenvalue weighted by Gasteiger charge is 2.16. The zero-order valence-corrected chi connectivity index (χ0v) is 16.0. The Balaban J connectivity index is -0.000000248. The first-order valence-corrected chi connectivity index (χ1v) is 9.40. The van der Waals surface area contributed by atoms with Crippen LogP contribution in [0.3, 0.4) is 0 Å². The van der Waals surface area contributed by atoms with Crippen LogP contribution >= 0.6 is 0 Å². The van der Waals surface area contributed by atoms with Gasteiger partial charge in [0, 0.05) is 19.8 Å². The molecule has 0 unspecified atom stereocenters. The molecule has 3 heteroatoms. The van der Waals surface area contributed by atoms with Crippen LogP contribution in [0, 0.1) is 11.8 Å². The molecule has 138 valence electrons. The first-order valence-electron chi connectivity index (χ1n) is 9.40. The zero-order chi connectivity index (χ0) is 17.6. The summed E-state index contributed by atoms with van der Waals surface area (Å²) < 4.78 is 0. The Morgan fingerprint density at radius 3 is 1.32 bits per heavy atom. The number of aliphatic hydroxyl groups excluding tert-OH is 3. The number of rotatable bonds is 5. The van der Waals surface area contributed by atoms with Crippen molar-refractivity contribution in [2.75, 3.05) is 19.8 Å². The standard InChI is InChI=1S/C8H16O.C7H16.2C2H6O/c1-7-2-4-8(6-9)5-3-7;1-3-5-7-6-4-2;2*1-2-3/h7-9H,2-6H2,1H3;3-7H2,1-2H3;2*3H,2H2,1H3. The van der Waals surface area contributed by atoms with E-state index in [2.05, 4.69) is 20.8 Å². The van der Waals surface area contributed by atoms with E-state index in [9.17, 15) is 0 Å². The maximum Gasteiger partial charge on any atom is 0.0459 e. The van der Waals surface area contributed by atoms with Crippen molar-refractivity contribution in [3.05, 3.63) is 0 Å². The summed E-state index contributed by atoms with van der Waals surface area (Å²) in [4.78, 5) is 0. The van der Waals surface area contributed by atoms with Crippen molar-refractivity contribution in [2.45, 2.75) is 92.4 Å². The highest BCUT2D eigenvalue weighted by molar-refractivity contribution is 4.68. The van der Waals surface area contributed by atoms with Crippen LogP contribution in [0.1, 0.15) is 92.4 Å². The molecular formula is C19H44O3. The minimum absolute atomic E-state index is 0.250. The number of hydrogen-bond donors (Lipinski definition) is 3. The maximum absolute atomic E-state index is 8.78. The monoisotopic (exact) mass is 320 g/mol. The van der Waals surface area contributed by atoms with Gasteiger partial charge in [-0.25, -0.2) is 0 Å². The van der Waals surface area contributed by atoms with Crippen molar-refractivity contribution in [1.82, 2.24) is 0 Å². The molecule has 0 aromatic carbocycles. The summed E-state index contributed by atoms with van der Waals surface area (Å²) in [5, 5.41) is 23.9. The third-order valence-electron chi connectivity index (χ3n) is 3.60. The fourth-order valence-corrected chi connectivity index (χ4v) is 2.19. The second-order valence-corrected chi connectivity index (χ2v) is 6.00. The lowest BCUT2D eigenvalue weighted by atomic mass is 9.84. The molecular weight excluding hydrogens is 276 g/mol. The molecule has 22 heavy (non-hydrogen) atoms. The van der Waals surface area contributed by atoms with Crippen LogP contribution in [0.5, 0.6) is 0 Å². The van der Waals surface area contributed by atoms with Crippen LogP contribution in [0.25, 0.3) is 0 Å². The number of hydrogen-bond acceptors (Lipinski definition) is 3. The van der Waals surface area contributed by atoms with Crippen LogP contribution in [0.15, 0.2) is 0 Å². The Hall–Kier alpha value is -0.120. The van der Waals surface area contributed by atoms with Crippen LogP contribution < -0.4 is 0 Å². The van der Waals surface area contributed by atoms with Crippen molar-refractivity contribution >= 4 is 0 Å². The van der Waals surface area contributed by atoms with Crippen LogP contribution in [0.4, 0.5) is 0 Å². The Kier molecular flexibility index (Phi) is 31.4. The van der Waals surface area contributed by atoms with Gasteiger partial charge in [-0.3, -0.25) is 0 Å². The molecule has 0 amide bonds.